The highest BCUT2D eigenvalue weighted by Gasteiger charge is 1.97. The van der Waals surface area contributed by atoms with Crippen molar-refractivity contribution in [1.29, 1.82) is 0 Å². The first kappa shape index (κ1) is 11.4. The Labute approximate surface area is 73.8 Å². The normalized spacial score (nSPS) is 11.0. The summed E-state index contributed by atoms with van der Waals surface area (Å²) in [5, 5.41) is 2.95. The first-order chi connectivity index (χ1) is 5.56. The van der Waals surface area contributed by atoms with Crippen LogP contribution in [0.15, 0.2) is 0 Å². The Kier molecular flexibility index (Phi) is 5.72. The van der Waals surface area contributed by atoms with Crippen LogP contribution in [-0.4, -0.2) is 34.3 Å². The van der Waals surface area contributed by atoms with Crippen LogP contribution in [0.25, 0.3) is 0 Å². The van der Waals surface area contributed by atoms with E-state index in [0.29, 0.717) is 13.1 Å². The third-order valence-corrected chi connectivity index (χ3v) is 1.85. The molecule has 0 rings (SSSR count). The van der Waals surface area contributed by atoms with Crippen molar-refractivity contribution in [3.63, 3.8) is 0 Å². The van der Waals surface area contributed by atoms with Crippen LogP contribution in [0.2, 0.25) is 0 Å². The molecule has 0 bridgehead atoms. The predicted octanol–water partition coefficient (Wildman–Crippen LogP) is -0.851. The van der Waals surface area contributed by atoms with Gasteiger partial charge in [-0.1, -0.05) is 5.92 Å². The fraction of sp³-hybridized carbons (Fsp3) is 0.714. The van der Waals surface area contributed by atoms with E-state index in [2.05, 4.69) is 16.0 Å². The average Bonchev–Trinajstić information content (AvgIpc) is 1.94. The van der Waals surface area contributed by atoms with E-state index in [1.165, 1.54) is 0 Å². The van der Waals surface area contributed by atoms with Crippen LogP contribution in [0.3, 0.4) is 0 Å². The predicted molar refractivity (Wildman–Crippen MR) is 49.2 cm³/mol. The molecule has 0 fully saturated rings. The van der Waals surface area contributed by atoms with Gasteiger partial charge in [-0.3, -0.25) is 0 Å². The number of hydrogen-bond acceptors (Lipinski definition) is 3. The molecule has 5 heteroatoms. The van der Waals surface area contributed by atoms with Gasteiger partial charge >= 0.3 is 0 Å². The maximum Gasteiger partial charge on any atom is 0.208 e. The number of terminal acetylenes is 1. The highest BCUT2D eigenvalue weighted by Crippen LogP contribution is 1.77. The zero-order valence-corrected chi connectivity index (χ0v) is 7.95. The lowest BCUT2D eigenvalue weighted by Crippen LogP contribution is -2.26. The zero-order valence-electron chi connectivity index (χ0n) is 7.13. The van der Waals surface area contributed by atoms with Gasteiger partial charge in [0.1, 0.15) is 0 Å². The van der Waals surface area contributed by atoms with Crippen LogP contribution >= 0.6 is 0 Å². The maximum absolute atomic E-state index is 10.6. The van der Waals surface area contributed by atoms with Gasteiger partial charge in [-0.15, -0.1) is 6.42 Å². The van der Waals surface area contributed by atoms with Crippen molar-refractivity contribution in [3.05, 3.63) is 0 Å². The Morgan fingerprint density at radius 2 is 2.08 bits per heavy atom. The van der Waals surface area contributed by atoms with Crippen molar-refractivity contribution in [1.82, 2.24) is 10.0 Å². The minimum Gasteiger partial charge on any atom is -0.306 e. The van der Waals surface area contributed by atoms with Crippen LogP contribution in [0.1, 0.15) is 6.42 Å². The molecule has 70 valence electrons. The van der Waals surface area contributed by atoms with Crippen molar-refractivity contribution in [2.45, 2.75) is 6.42 Å². The molecule has 0 radical (unpaired) electrons. The maximum atomic E-state index is 10.6. The summed E-state index contributed by atoms with van der Waals surface area (Å²) in [6.07, 6.45) is 6.87. The molecule has 2 N–H and O–H groups in total. The van der Waals surface area contributed by atoms with Crippen molar-refractivity contribution in [2.75, 3.05) is 25.9 Å². The molecule has 0 aliphatic rings. The molecule has 0 aliphatic heterocycles. The van der Waals surface area contributed by atoms with Gasteiger partial charge in [0.2, 0.25) is 10.0 Å². The standard InChI is InChI=1S/C7H14N2O2S/c1-3-5-8-6-4-7-9-12(2,10)11/h1,8-9H,4-7H2,2H3. The molecule has 0 aliphatic carbocycles. The van der Waals surface area contributed by atoms with Crippen molar-refractivity contribution in [2.24, 2.45) is 0 Å². The Hall–Kier alpha value is -0.570. The van der Waals surface area contributed by atoms with Crippen LogP contribution in [0.4, 0.5) is 0 Å². The second kappa shape index (κ2) is 6.00. The Morgan fingerprint density at radius 1 is 1.42 bits per heavy atom. The number of hydrogen-bond donors (Lipinski definition) is 2. The molecule has 0 aromatic carbocycles. The molecule has 0 unspecified atom stereocenters. The van der Waals surface area contributed by atoms with Crippen LogP contribution in [0.5, 0.6) is 0 Å². The summed E-state index contributed by atoms with van der Waals surface area (Å²) in [5.74, 6) is 2.43. The third-order valence-electron chi connectivity index (χ3n) is 1.12. The van der Waals surface area contributed by atoms with E-state index in [-0.39, 0.29) is 0 Å². The molecule has 0 saturated carbocycles. The first-order valence-electron chi connectivity index (χ1n) is 3.65. The molecule has 0 aromatic heterocycles. The van der Waals surface area contributed by atoms with E-state index in [4.69, 9.17) is 6.42 Å². The van der Waals surface area contributed by atoms with Crippen molar-refractivity contribution in [3.8, 4) is 12.3 Å². The second-order valence-corrected chi connectivity index (χ2v) is 4.23. The number of sulfonamides is 1. The smallest absolute Gasteiger partial charge is 0.208 e. The molecule has 0 aromatic rings. The summed E-state index contributed by atoms with van der Waals surface area (Å²) in [6.45, 7) is 1.71. The van der Waals surface area contributed by atoms with Gasteiger partial charge in [0, 0.05) is 6.54 Å². The van der Waals surface area contributed by atoms with Gasteiger partial charge in [0.15, 0.2) is 0 Å². The van der Waals surface area contributed by atoms with Gasteiger partial charge in [-0.25, -0.2) is 13.1 Å². The summed E-state index contributed by atoms with van der Waals surface area (Å²) < 4.78 is 23.5. The molecule has 0 saturated heterocycles. The molecule has 4 nitrogen and oxygen atoms in total. The first-order valence-corrected chi connectivity index (χ1v) is 5.54. The largest absolute Gasteiger partial charge is 0.306 e. The van der Waals surface area contributed by atoms with Gasteiger partial charge in [0.05, 0.1) is 12.8 Å². The van der Waals surface area contributed by atoms with Gasteiger partial charge in [0.25, 0.3) is 0 Å². The van der Waals surface area contributed by atoms with Gasteiger partial charge in [-0.05, 0) is 13.0 Å². The molecule has 0 heterocycles. The molecular weight excluding hydrogens is 176 g/mol. The van der Waals surface area contributed by atoms with Crippen LogP contribution in [0, 0.1) is 12.3 Å². The average molecular weight is 190 g/mol. The summed E-state index contributed by atoms with van der Waals surface area (Å²) in [5.41, 5.74) is 0. The van der Waals surface area contributed by atoms with Crippen molar-refractivity contribution < 1.29 is 8.42 Å². The highest BCUT2D eigenvalue weighted by atomic mass is 32.2. The fourth-order valence-corrected chi connectivity index (χ4v) is 1.15. The number of nitrogens with one attached hydrogen (secondary N) is 2. The zero-order chi connectivity index (χ0) is 9.45. The molecule has 12 heavy (non-hydrogen) atoms. The third kappa shape index (κ3) is 9.43. The Bertz CT molecular complexity index is 241. The minimum absolute atomic E-state index is 0.455. The molecule has 0 atom stereocenters. The fourth-order valence-electron chi connectivity index (χ4n) is 0.632. The van der Waals surface area contributed by atoms with E-state index in [1.54, 1.807) is 0 Å². The quantitative estimate of drug-likeness (QED) is 0.423. The summed E-state index contributed by atoms with van der Waals surface area (Å²) in [7, 11) is -3.03. The summed E-state index contributed by atoms with van der Waals surface area (Å²) in [6, 6.07) is 0. The van der Waals surface area contributed by atoms with Crippen LogP contribution in [-0.2, 0) is 10.0 Å². The van der Waals surface area contributed by atoms with E-state index in [1.807, 2.05) is 0 Å². The molecular formula is C7H14N2O2S. The lowest BCUT2D eigenvalue weighted by Gasteiger charge is -2.01. The Morgan fingerprint density at radius 3 is 2.58 bits per heavy atom. The van der Waals surface area contributed by atoms with Crippen molar-refractivity contribution >= 4 is 10.0 Å². The van der Waals surface area contributed by atoms with E-state index in [9.17, 15) is 8.42 Å². The monoisotopic (exact) mass is 190 g/mol. The second-order valence-electron chi connectivity index (χ2n) is 2.40. The lowest BCUT2D eigenvalue weighted by molar-refractivity contribution is 0.582. The number of rotatable bonds is 6. The van der Waals surface area contributed by atoms with Gasteiger partial charge in [-0.2, -0.15) is 0 Å². The Balaban J connectivity index is 3.18. The van der Waals surface area contributed by atoms with Gasteiger partial charge < -0.3 is 5.32 Å². The lowest BCUT2D eigenvalue weighted by atomic mass is 10.4. The summed E-state index contributed by atoms with van der Waals surface area (Å²) in [4.78, 5) is 0. The van der Waals surface area contributed by atoms with E-state index < -0.39 is 10.0 Å². The minimum atomic E-state index is -3.03. The topological polar surface area (TPSA) is 58.2 Å². The summed E-state index contributed by atoms with van der Waals surface area (Å²) >= 11 is 0. The molecule has 0 spiro atoms. The molecule has 0 amide bonds. The SMILES string of the molecule is C#CCNCCCNS(C)(=O)=O. The highest BCUT2D eigenvalue weighted by molar-refractivity contribution is 7.88. The van der Waals surface area contributed by atoms with Crippen LogP contribution < -0.4 is 10.0 Å². The van der Waals surface area contributed by atoms with E-state index in [0.717, 1.165) is 19.2 Å². The van der Waals surface area contributed by atoms with E-state index >= 15 is 0 Å².